The molecule has 0 radical (unpaired) electrons. The van der Waals surface area contributed by atoms with E-state index in [1.54, 1.807) is 37.3 Å². The Morgan fingerprint density at radius 3 is 2.60 bits per heavy atom. The van der Waals surface area contributed by atoms with Crippen molar-refractivity contribution in [2.24, 2.45) is 0 Å². The lowest BCUT2D eigenvalue weighted by Crippen LogP contribution is -2.26. The largest absolute Gasteiger partial charge is 0.496 e. The molecular formula is C23H26ClN3O3. The second kappa shape index (κ2) is 9.76. The quantitative estimate of drug-likeness (QED) is 0.499. The highest BCUT2D eigenvalue weighted by Crippen LogP contribution is 2.24. The molecule has 0 bridgehead atoms. The van der Waals surface area contributed by atoms with Gasteiger partial charge in [0.05, 0.1) is 7.11 Å². The maximum absolute atomic E-state index is 12.5. The van der Waals surface area contributed by atoms with Gasteiger partial charge < -0.3 is 14.2 Å². The zero-order valence-corrected chi connectivity index (χ0v) is 18.4. The van der Waals surface area contributed by atoms with Gasteiger partial charge in [0, 0.05) is 42.6 Å². The first-order valence-corrected chi connectivity index (χ1v) is 10.2. The second-order valence-corrected chi connectivity index (χ2v) is 7.93. The Morgan fingerprint density at radius 2 is 1.93 bits per heavy atom. The molecule has 1 heterocycles. The Bertz CT molecular complexity index is 999. The number of benzene rings is 2. The predicted molar refractivity (Wildman–Crippen MR) is 117 cm³/mol. The highest BCUT2D eigenvalue weighted by atomic mass is 35.5. The van der Waals surface area contributed by atoms with Crippen molar-refractivity contribution >= 4 is 17.5 Å². The lowest BCUT2D eigenvalue weighted by Gasteiger charge is -2.18. The molecule has 0 aliphatic carbocycles. The van der Waals surface area contributed by atoms with Gasteiger partial charge in [0.1, 0.15) is 5.75 Å². The maximum atomic E-state index is 12.5. The fourth-order valence-corrected chi connectivity index (χ4v) is 3.30. The van der Waals surface area contributed by atoms with Crippen molar-refractivity contribution < 1.29 is 14.1 Å². The molecule has 0 saturated carbocycles. The zero-order valence-electron chi connectivity index (χ0n) is 17.7. The number of hydrogen-bond acceptors (Lipinski definition) is 5. The first-order chi connectivity index (χ1) is 14.4. The Labute approximate surface area is 181 Å². The van der Waals surface area contributed by atoms with Crippen LogP contribution in [0.3, 0.4) is 0 Å². The summed E-state index contributed by atoms with van der Waals surface area (Å²) in [5.41, 5.74) is 3.00. The van der Waals surface area contributed by atoms with Gasteiger partial charge in [-0.05, 0) is 29.7 Å². The molecule has 2 aromatic carbocycles. The van der Waals surface area contributed by atoms with E-state index in [0.717, 1.165) is 11.1 Å². The summed E-state index contributed by atoms with van der Waals surface area (Å²) < 4.78 is 10.7. The molecule has 1 amide bonds. The third-order valence-corrected chi connectivity index (χ3v) is 5.17. The van der Waals surface area contributed by atoms with E-state index >= 15 is 0 Å². The van der Waals surface area contributed by atoms with Crippen LogP contribution in [0.5, 0.6) is 5.75 Å². The first-order valence-electron chi connectivity index (χ1n) is 9.86. The average Bonchev–Trinajstić information content (AvgIpc) is 3.21. The number of carbonyl (C=O) groups is 1. The molecule has 0 aliphatic heterocycles. The lowest BCUT2D eigenvalue weighted by molar-refractivity contribution is -0.130. The van der Waals surface area contributed by atoms with Crippen LogP contribution in [-0.2, 0) is 17.8 Å². The first kappa shape index (κ1) is 21.8. The minimum absolute atomic E-state index is 0.0296. The van der Waals surface area contributed by atoms with E-state index in [-0.39, 0.29) is 12.3 Å². The van der Waals surface area contributed by atoms with Crippen molar-refractivity contribution in [1.82, 2.24) is 15.0 Å². The van der Waals surface area contributed by atoms with Gasteiger partial charge in [0.2, 0.25) is 17.6 Å². The van der Waals surface area contributed by atoms with Crippen LogP contribution in [0.1, 0.15) is 43.2 Å². The number of aromatic nitrogens is 2. The van der Waals surface area contributed by atoms with E-state index in [9.17, 15) is 4.79 Å². The monoisotopic (exact) mass is 427 g/mol. The summed E-state index contributed by atoms with van der Waals surface area (Å²) in [7, 11) is 3.34. The van der Waals surface area contributed by atoms with Crippen LogP contribution in [0, 0.1) is 0 Å². The molecule has 30 heavy (non-hydrogen) atoms. The molecule has 6 nitrogen and oxygen atoms in total. The van der Waals surface area contributed by atoms with E-state index in [0.29, 0.717) is 41.4 Å². The molecule has 0 spiro atoms. The number of halogens is 1. The minimum atomic E-state index is -0.0296. The molecule has 0 fully saturated rings. The van der Waals surface area contributed by atoms with Crippen molar-refractivity contribution in [3.8, 4) is 17.1 Å². The van der Waals surface area contributed by atoms with Gasteiger partial charge >= 0.3 is 0 Å². The van der Waals surface area contributed by atoms with E-state index in [1.807, 2.05) is 12.1 Å². The Kier molecular flexibility index (Phi) is 7.11. The normalized spacial score (nSPS) is 11.0. The molecule has 3 aromatic rings. The minimum Gasteiger partial charge on any atom is -0.496 e. The van der Waals surface area contributed by atoms with E-state index in [1.165, 1.54) is 5.56 Å². The highest BCUT2D eigenvalue weighted by molar-refractivity contribution is 6.30. The van der Waals surface area contributed by atoms with Crippen LogP contribution in [0.4, 0.5) is 0 Å². The van der Waals surface area contributed by atoms with E-state index in [2.05, 4.69) is 36.1 Å². The van der Waals surface area contributed by atoms with Gasteiger partial charge in [-0.3, -0.25) is 4.79 Å². The molecule has 1 aromatic heterocycles. The van der Waals surface area contributed by atoms with Crippen LogP contribution in [0.15, 0.2) is 47.0 Å². The summed E-state index contributed by atoms with van der Waals surface area (Å²) in [6.45, 7) is 4.70. The van der Waals surface area contributed by atoms with Gasteiger partial charge in [-0.1, -0.05) is 54.9 Å². The Balaban J connectivity index is 1.58. The molecule has 3 rings (SSSR count). The maximum Gasteiger partial charge on any atom is 0.227 e. The number of rotatable bonds is 8. The van der Waals surface area contributed by atoms with Crippen molar-refractivity contribution in [3.63, 3.8) is 0 Å². The number of amides is 1. The SMILES string of the molecule is COc1ccc(Cl)cc1CN(C)C(=O)CCc1nc(-c2ccc(C(C)C)cc2)no1. The summed E-state index contributed by atoms with van der Waals surface area (Å²) in [6, 6.07) is 13.5. The van der Waals surface area contributed by atoms with Crippen LogP contribution >= 0.6 is 11.6 Å². The standard InChI is InChI=1S/C23H26ClN3O3/c1-15(2)16-5-7-17(8-6-16)23-25-21(30-26-23)11-12-22(28)27(3)14-18-13-19(24)9-10-20(18)29-4/h5-10,13,15H,11-12,14H2,1-4H3. The molecular weight excluding hydrogens is 402 g/mol. The molecule has 0 N–H and O–H groups in total. The number of aryl methyl sites for hydroxylation is 1. The van der Waals surface area contributed by atoms with Gasteiger partial charge in [-0.15, -0.1) is 0 Å². The van der Waals surface area contributed by atoms with Crippen LogP contribution in [-0.4, -0.2) is 35.1 Å². The van der Waals surface area contributed by atoms with E-state index in [4.69, 9.17) is 20.9 Å². The molecule has 0 aliphatic rings. The summed E-state index contributed by atoms with van der Waals surface area (Å²) >= 11 is 6.07. The number of hydrogen-bond donors (Lipinski definition) is 0. The van der Waals surface area contributed by atoms with Crippen LogP contribution < -0.4 is 4.74 Å². The molecule has 158 valence electrons. The van der Waals surface area contributed by atoms with Crippen LogP contribution in [0.2, 0.25) is 5.02 Å². The molecule has 7 heteroatoms. The zero-order chi connectivity index (χ0) is 21.7. The third kappa shape index (κ3) is 5.39. The fraction of sp³-hybridized carbons (Fsp3) is 0.348. The second-order valence-electron chi connectivity index (χ2n) is 7.49. The summed E-state index contributed by atoms with van der Waals surface area (Å²) in [6.07, 6.45) is 0.653. The number of methoxy groups -OCH3 is 1. The van der Waals surface area contributed by atoms with E-state index < -0.39 is 0 Å². The van der Waals surface area contributed by atoms with Gasteiger partial charge in [0.15, 0.2) is 0 Å². The lowest BCUT2D eigenvalue weighted by atomic mass is 10.0. The smallest absolute Gasteiger partial charge is 0.227 e. The number of ether oxygens (including phenoxy) is 1. The molecule has 0 atom stereocenters. The van der Waals surface area contributed by atoms with Crippen molar-refractivity contribution in [2.75, 3.05) is 14.2 Å². The van der Waals surface area contributed by atoms with Crippen molar-refractivity contribution in [1.29, 1.82) is 0 Å². The molecule has 0 saturated heterocycles. The summed E-state index contributed by atoms with van der Waals surface area (Å²) in [5, 5.41) is 4.64. The topological polar surface area (TPSA) is 68.5 Å². The number of carbonyl (C=O) groups excluding carboxylic acids is 1. The van der Waals surface area contributed by atoms with Gasteiger partial charge in [-0.25, -0.2) is 0 Å². The predicted octanol–water partition coefficient (Wildman–Crippen LogP) is 5.11. The Morgan fingerprint density at radius 1 is 1.20 bits per heavy atom. The van der Waals surface area contributed by atoms with Crippen LogP contribution in [0.25, 0.3) is 11.4 Å². The summed E-state index contributed by atoms with van der Waals surface area (Å²) in [5.74, 6) is 2.11. The number of nitrogens with zero attached hydrogens (tertiary/aromatic N) is 3. The van der Waals surface area contributed by atoms with Crippen molar-refractivity contribution in [3.05, 3.63) is 64.5 Å². The average molecular weight is 428 g/mol. The van der Waals surface area contributed by atoms with Gasteiger partial charge in [0.25, 0.3) is 0 Å². The fourth-order valence-electron chi connectivity index (χ4n) is 3.11. The highest BCUT2D eigenvalue weighted by Gasteiger charge is 2.15. The Hall–Kier alpha value is -2.86. The van der Waals surface area contributed by atoms with Crippen molar-refractivity contribution in [2.45, 2.75) is 39.2 Å². The summed E-state index contributed by atoms with van der Waals surface area (Å²) in [4.78, 5) is 18.6. The molecule has 0 unspecified atom stereocenters. The van der Waals surface area contributed by atoms with Gasteiger partial charge in [-0.2, -0.15) is 4.98 Å². The third-order valence-electron chi connectivity index (χ3n) is 4.93.